The SMILES string of the molecule is CCCN(C)C(=O)N(C)C(=O)c1c(Cl)cc(O)c(O)c1[N+](=O)[O-]. The molecule has 0 aliphatic carbocycles. The number of aromatic hydroxyl groups is 2. The van der Waals surface area contributed by atoms with Crippen LogP contribution in [0.15, 0.2) is 6.07 Å². The highest BCUT2D eigenvalue weighted by atomic mass is 35.5. The maximum absolute atomic E-state index is 12.4. The number of hydrogen-bond donors (Lipinski definition) is 2. The predicted octanol–water partition coefficient (Wildman–Crippen LogP) is 2.19. The summed E-state index contributed by atoms with van der Waals surface area (Å²) in [5.41, 5.74) is -1.73. The van der Waals surface area contributed by atoms with Crippen LogP contribution in [0.25, 0.3) is 0 Å². The lowest BCUT2D eigenvalue weighted by atomic mass is 10.1. The minimum absolute atomic E-state index is 0.382. The van der Waals surface area contributed by atoms with E-state index in [0.29, 0.717) is 17.9 Å². The topological polar surface area (TPSA) is 124 Å². The number of carbonyl (C=O) groups excluding carboxylic acids is 2. The monoisotopic (exact) mass is 345 g/mol. The Labute approximate surface area is 136 Å². The fourth-order valence-corrected chi connectivity index (χ4v) is 2.21. The van der Waals surface area contributed by atoms with Crippen LogP contribution in [0.4, 0.5) is 10.5 Å². The lowest BCUT2D eigenvalue weighted by Crippen LogP contribution is -2.42. The van der Waals surface area contributed by atoms with Crippen LogP contribution in [-0.2, 0) is 0 Å². The Morgan fingerprint density at radius 2 is 1.91 bits per heavy atom. The van der Waals surface area contributed by atoms with Gasteiger partial charge < -0.3 is 15.1 Å². The summed E-state index contributed by atoms with van der Waals surface area (Å²) in [6.45, 7) is 2.22. The molecule has 23 heavy (non-hydrogen) atoms. The highest BCUT2D eigenvalue weighted by molar-refractivity contribution is 6.35. The molecule has 10 heteroatoms. The Morgan fingerprint density at radius 1 is 1.35 bits per heavy atom. The van der Waals surface area contributed by atoms with Gasteiger partial charge in [0, 0.05) is 26.7 Å². The second kappa shape index (κ2) is 7.14. The van der Waals surface area contributed by atoms with Crippen LogP contribution in [0.3, 0.4) is 0 Å². The minimum atomic E-state index is -1.09. The van der Waals surface area contributed by atoms with E-state index in [2.05, 4.69) is 0 Å². The molecule has 0 saturated heterocycles. The number of phenolic OH excluding ortho intramolecular Hbond substituents is 2. The minimum Gasteiger partial charge on any atom is -0.504 e. The van der Waals surface area contributed by atoms with E-state index < -0.39 is 44.6 Å². The molecule has 0 spiro atoms. The zero-order chi connectivity index (χ0) is 17.9. The summed E-state index contributed by atoms with van der Waals surface area (Å²) in [6.07, 6.45) is 0.658. The first-order chi connectivity index (χ1) is 10.6. The molecule has 0 radical (unpaired) electrons. The van der Waals surface area contributed by atoms with Crippen molar-refractivity contribution >= 4 is 29.2 Å². The maximum atomic E-state index is 12.4. The number of imide groups is 1. The Balaban J connectivity index is 3.35. The second-order valence-corrected chi connectivity index (χ2v) is 5.18. The van der Waals surface area contributed by atoms with Gasteiger partial charge in [0.25, 0.3) is 5.91 Å². The number of nitrogens with zero attached hydrogens (tertiary/aromatic N) is 3. The van der Waals surface area contributed by atoms with Gasteiger partial charge in [0.2, 0.25) is 5.75 Å². The van der Waals surface area contributed by atoms with Gasteiger partial charge in [-0.3, -0.25) is 19.8 Å². The normalized spacial score (nSPS) is 10.3. The average molecular weight is 346 g/mol. The molecule has 0 aliphatic heterocycles. The Morgan fingerprint density at radius 3 is 2.39 bits per heavy atom. The van der Waals surface area contributed by atoms with Crippen LogP contribution in [0.1, 0.15) is 23.7 Å². The third-order valence-corrected chi connectivity index (χ3v) is 3.38. The number of urea groups is 1. The quantitative estimate of drug-likeness (QED) is 0.489. The van der Waals surface area contributed by atoms with Gasteiger partial charge in [-0.15, -0.1) is 0 Å². The molecule has 3 amide bonds. The van der Waals surface area contributed by atoms with Gasteiger partial charge in [0.05, 0.1) is 9.95 Å². The van der Waals surface area contributed by atoms with Crippen molar-refractivity contribution in [3.63, 3.8) is 0 Å². The van der Waals surface area contributed by atoms with Crippen LogP contribution < -0.4 is 0 Å². The molecule has 0 aromatic heterocycles. The molecule has 1 aromatic rings. The van der Waals surface area contributed by atoms with E-state index >= 15 is 0 Å². The largest absolute Gasteiger partial charge is 0.504 e. The van der Waals surface area contributed by atoms with Gasteiger partial charge >= 0.3 is 11.7 Å². The summed E-state index contributed by atoms with van der Waals surface area (Å²) in [7, 11) is 2.61. The van der Waals surface area contributed by atoms with Crippen molar-refractivity contribution in [1.82, 2.24) is 9.80 Å². The highest BCUT2D eigenvalue weighted by Gasteiger charge is 2.34. The zero-order valence-electron chi connectivity index (χ0n) is 12.7. The Bertz CT molecular complexity index is 664. The molecule has 9 nitrogen and oxygen atoms in total. The van der Waals surface area contributed by atoms with Crippen LogP contribution in [0, 0.1) is 10.1 Å². The van der Waals surface area contributed by atoms with Crippen LogP contribution in [-0.4, -0.2) is 57.5 Å². The van der Waals surface area contributed by atoms with E-state index in [1.54, 1.807) is 0 Å². The number of carbonyl (C=O) groups is 2. The lowest BCUT2D eigenvalue weighted by molar-refractivity contribution is -0.386. The number of rotatable bonds is 4. The van der Waals surface area contributed by atoms with Crippen molar-refractivity contribution in [3.8, 4) is 11.5 Å². The molecule has 0 saturated carbocycles. The molecule has 0 unspecified atom stereocenters. The standard InChI is InChI=1S/C13H16ClN3O6/c1-4-5-15(2)13(21)16(3)12(20)9-7(14)6-8(18)11(19)10(9)17(22)23/h6,18-19H,4-5H2,1-3H3. The predicted molar refractivity (Wildman–Crippen MR) is 81.8 cm³/mol. The van der Waals surface area contributed by atoms with Crippen LogP contribution in [0.2, 0.25) is 5.02 Å². The average Bonchev–Trinajstić information content (AvgIpc) is 2.48. The number of nitro benzene ring substituents is 1. The zero-order valence-corrected chi connectivity index (χ0v) is 13.5. The van der Waals surface area contributed by atoms with E-state index in [-0.39, 0.29) is 0 Å². The first-order valence-electron chi connectivity index (χ1n) is 6.55. The van der Waals surface area contributed by atoms with Crippen molar-refractivity contribution in [1.29, 1.82) is 0 Å². The van der Waals surface area contributed by atoms with Crippen molar-refractivity contribution in [3.05, 3.63) is 26.8 Å². The second-order valence-electron chi connectivity index (χ2n) is 4.78. The fraction of sp³-hybridized carbons (Fsp3) is 0.385. The first kappa shape index (κ1) is 18.5. The number of amides is 3. The molecular weight excluding hydrogens is 330 g/mol. The molecule has 126 valence electrons. The number of nitro groups is 1. The highest BCUT2D eigenvalue weighted by Crippen LogP contribution is 2.42. The van der Waals surface area contributed by atoms with Crippen molar-refractivity contribution in [2.45, 2.75) is 13.3 Å². The molecule has 1 aromatic carbocycles. The summed E-state index contributed by atoms with van der Waals surface area (Å²) < 4.78 is 0. The van der Waals surface area contributed by atoms with E-state index in [1.165, 1.54) is 11.9 Å². The van der Waals surface area contributed by atoms with Gasteiger partial charge in [0.1, 0.15) is 5.56 Å². The fourth-order valence-electron chi connectivity index (χ4n) is 1.94. The number of hydrogen-bond acceptors (Lipinski definition) is 6. The van der Waals surface area contributed by atoms with Crippen LogP contribution >= 0.6 is 11.6 Å². The Kier molecular flexibility index (Phi) is 5.74. The number of benzene rings is 1. The number of phenols is 2. The third kappa shape index (κ3) is 3.62. The molecule has 0 atom stereocenters. The van der Waals surface area contributed by atoms with Crippen molar-refractivity contribution in [2.75, 3.05) is 20.6 Å². The van der Waals surface area contributed by atoms with Crippen molar-refractivity contribution < 1.29 is 24.7 Å². The molecule has 0 heterocycles. The first-order valence-corrected chi connectivity index (χ1v) is 6.93. The molecule has 2 N–H and O–H groups in total. The molecule has 1 rings (SSSR count). The van der Waals surface area contributed by atoms with E-state index in [9.17, 15) is 29.9 Å². The van der Waals surface area contributed by atoms with Gasteiger partial charge in [-0.1, -0.05) is 18.5 Å². The van der Waals surface area contributed by atoms with Crippen LogP contribution in [0.5, 0.6) is 11.5 Å². The summed E-state index contributed by atoms with van der Waals surface area (Å²) in [5.74, 6) is -2.99. The molecule has 0 aliphatic rings. The summed E-state index contributed by atoms with van der Waals surface area (Å²) >= 11 is 5.79. The molecular formula is C13H16ClN3O6. The van der Waals surface area contributed by atoms with Gasteiger partial charge in [-0.05, 0) is 6.42 Å². The maximum Gasteiger partial charge on any atom is 0.328 e. The lowest BCUT2D eigenvalue weighted by Gasteiger charge is -2.23. The summed E-state index contributed by atoms with van der Waals surface area (Å²) in [5, 5.41) is 29.7. The molecule has 0 bridgehead atoms. The van der Waals surface area contributed by atoms with E-state index in [0.717, 1.165) is 13.1 Å². The van der Waals surface area contributed by atoms with Gasteiger partial charge in [0.15, 0.2) is 5.75 Å². The van der Waals surface area contributed by atoms with Gasteiger partial charge in [-0.2, -0.15) is 0 Å². The summed E-state index contributed by atoms with van der Waals surface area (Å²) in [4.78, 5) is 36.5. The third-order valence-electron chi connectivity index (χ3n) is 3.08. The van der Waals surface area contributed by atoms with E-state index in [1.807, 2.05) is 6.92 Å². The molecule has 0 fully saturated rings. The Hall–Kier alpha value is -2.55. The summed E-state index contributed by atoms with van der Waals surface area (Å²) in [6, 6.07) is 0.111. The van der Waals surface area contributed by atoms with Crippen molar-refractivity contribution in [2.24, 2.45) is 0 Å². The number of halogens is 1. The smallest absolute Gasteiger partial charge is 0.328 e. The van der Waals surface area contributed by atoms with Gasteiger partial charge in [-0.25, -0.2) is 4.79 Å². The van der Waals surface area contributed by atoms with E-state index in [4.69, 9.17) is 11.6 Å².